The molecule has 0 aliphatic heterocycles. The third kappa shape index (κ3) is 3.54. The first-order valence-corrected chi connectivity index (χ1v) is 9.80. The molecule has 9 heteroatoms. The molecular weight excluding hydrogens is 398 g/mol. The fourth-order valence-corrected chi connectivity index (χ4v) is 3.62. The van der Waals surface area contributed by atoms with Crippen LogP contribution in [-0.4, -0.2) is 23.6 Å². The van der Waals surface area contributed by atoms with E-state index >= 15 is 0 Å². The van der Waals surface area contributed by atoms with Crippen LogP contribution in [0.3, 0.4) is 0 Å². The lowest BCUT2D eigenvalue weighted by Gasteiger charge is -2.15. The van der Waals surface area contributed by atoms with E-state index in [-0.39, 0.29) is 29.4 Å². The molecule has 0 aliphatic carbocycles. The number of aromatic nitrogens is 4. The monoisotopic (exact) mass is 419 g/mol. The van der Waals surface area contributed by atoms with E-state index in [0.717, 1.165) is 5.56 Å². The smallest absolute Gasteiger partial charge is 0.320 e. The van der Waals surface area contributed by atoms with Gasteiger partial charge in [0.2, 0.25) is 0 Å². The Balaban J connectivity index is 1.97. The summed E-state index contributed by atoms with van der Waals surface area (Å²) in [5, 5.41) is 11.1. The lowest BCUT2D eigenvalue weighted by atomic mass is 10.2. The van der Waals surface area contributed by atoms with E-state index in [4.69, 9.17) is 0 Å². The average Bonchev–Trinajstić information content (AvgIpc) is 3.13. The van der Waals surface area contributed by atoms with Gasteiger partial charge in [-0.2, -0.15) is 0 Å². The Morgan fingerprint density at radius 3 is 2.45 bits per heavy atom. The van der Waals surface area contributed by atoms with E-state index in [9.17, 15) is 19.7 Å². The molecule has 2 aromatic carbocycles. The summed E-state index contributed by atoms with van der Waals surface area (Å²) in [5.41, 5.74) is 1.88. The third-order valence-electron chi connectivity index (χ3n) is 5.13. The van der Waals surface area contributed by atoms with Gasteiger partial charge in [-0.3, -0.25) is 19.5 Å². The Morgan fingerprint density at radius 1 is 1.10 bits per heavy atom. The van der Waals surface area contributed by atoms with Gasteiger partial charge in [-0.1, -0.05) is 29.8 Å². The predicted octanol–water partition coefficient (Wildman–Crippen LogP) is 3.19. The minimum absolute atomic E-state index is 0.0296. The average molecular weight is 419 g/mol. The molecule has 31 heavy (non-hydrogen) atoms. The Labute approximate surface area is 177 Å². The standard InChI is InChI=1S/C22H21N5O4/c1-14(2)25-21(28)19-20(26(22(25)29)17-9-7-15(3)8-10-17)23-13-24(19)12-16-5-4-6-18(11-16)27(30)31/h4-11,13-14H,12H2,1-3H3. The van der Waals surface area contributed by atoms with Crippen LogP contribution in [0.1, 0.15) is 31.0 Å². The number of imidazole rings is 1. The highest BCUT2D eigenvalue weighted by atomic mass is 16.6. The van der Waals surface area contributed by atoms with Crippen LogP contribution >= 0.6 is 0 Å². The minimum atomic E-state index is -0.462. The second-order valence-corrected chi connectivity index (χ2v) is 7.69. The van der Waals surface area contributed by atoms with Gasteiger partial charge in [0.15, 0.2) is 11.2 Å². The van der Waals surface area contributed by atoms with Crippen LogP contribution in [0.15, 0.2) is 64.4 Å². The van der Waals surface area contributed by atoms with Gasteiger partial charge >= 0.3 is 5.69 Å². The zero-order valence-electron chi connectivity index (χ0n) is 17.3. The number of non-ortho nitro benzene ring substituents is 1. The first kappa shape index (κ1) is 20.3. The Kier molecular flexibility index (Phi) is 5.02. The molecule has 0 unspecified atom stereocenters. The molecule has 0 amide bonds. The number of rotatable bonds is 5. The largest absolute Gasteiger partial charge is 0.337 e. The van der Waals surface area contributed by atoms with Crippen molar-refractivity contribution >= 4 is 16.9 Å². The highest BCUT2D eigenvalue weighted by Gasteiger charge is 2.21. The molecule has 0 saturated heterocycles. The topological polar surface area (TPSA) is 105 Å². The minimum Gasteiger partial charge on any atom is -0.320 e. The summed E-state index contributed by atoms with van der Waals surface area (Å²) in [6.45, 7) is 5.70. The fraction of sp³-hybridized carbons (Fsp3) is 0.227. The maximum Gasteiger partial charge on any atom is 0.337 e. The maximum atomic E-state index is 13.3. The van der Waals surface area contributed by atoms with E-state index in [1.54, 1.807) is 30.5 Å². The molecule has 0 fully saturated rings. The quantitative estimate of drug-likeness (QED) is 0.365. The molecule has 2 heterocycles. The van der Waals surface area contributed by atoms with Gasteiger partial charge in [0.1, 0.15) is 0 Å². The molecule has 2 aromatic heterocycles. The van der Waals surface area contributed by atoms with Crippen LogP contribution in [0.5, 0.6) is 0 Å². The molecule has 0 spiro atoms. The maximum absolute atomic E-state index is 13.3. The fourth-order valence-electron chi connectivity index (χ4n) is 3.62. The summed E-state index contributed by atoms with van der Waals surface area (Å²) in [6.07, 6.45) is 1.49. The molecule has 0 radical (unpaired) electrons. The Hall–Kier alpha value is -4.01. The predicted molar refractivity (Wildman–Crippen MR) is 117 cm³/mol. The zero-order chi connectivity index (χ0) is 22.3. The number of hydrogen-bond acceptors (Lipinski definition) is 5. The van der Waals surface area contributed by atoms with Gasteiger partial charge < -0.3 is 4.57 Å². The van der Waals surface area contributed by atoms with Crippen molar-refractivity contribution in [1.29, 1.82) is 0 Å². The second-order valence-electron chi connectivity index (χ2n) is 7.69. The number of aryl methyl sites for hydroxylation is 1. The third-order valence-corrected chi connectivity index (χ3v) is 5.13. The van der Waals surface area contributed by atoms with E-state index < -0.39 is 16.2 Å². The van der Waals surface area contributed by atoms with Crippen molar-refractivity contribution in [2.45, 2.75) is 33.4 Å². The lowest BCUT2D eigenvalue weighted by Crippen LogP contribution is -2.41. The normalized spacial score (nSPS) is 11.4. The highest BCUT2D eigenvalue weighted by Crippen LogP contribution is 2.18. The van der Waals surface area contributed by atoms with Crippen LogP contribution in [-0.2, 0) is 6.54 Å². The van der Waals surface area contributed by atoms with Crippen molar-refractivity contribution in [3.8, 4) is 5.69 Å². The van der Waals surface area contributed by atoms with Crippen molar-refractivity contribution in [1.82, 2.24) is 18.7 Å². The molecule has 9 nitrogen and oxygen atoms in total. The molecule has 0 saturated carbocycles. The summed E-state index contributed by atoms with van der Waals surface area (Å²) in [6, 6.07) is 13.3. The molecule has 158 valence electrons. The van der Waals surface area contributed by atoms with Crippen molar-refractivity contribution in [3.05, 3.63) is 96.9 Å². The van der Waals surface area contributed by atoms with Gasteiger partial charge in [0.05, 0.1) is 16.9 Å². The van der Waals surface area contributed by atoms with Crippen molar-refractivity contribution in [3.63, 3.8) is 0 Å². The molecule has 0 aliphatic rings. The van der Waals surface area contributed by atoms with E-state index in [1.165, 1.54) is 27.6 Å². The van der Waals surface area contributed by atoms with Gasteiger partial charge in [-0.25, -0.2) is 14.3 Å². The molecular formula is C22H21N5O4. The summed E-state index contributed by atoms with van der Waals surface area (Å²) < 4.78 is 4.26. The van der Waals surface area contributed by atoms with Gasteiger partial charge in [0, 0.05) is 24.7 Å². The van der Waals surface area contributed by atoms with Gasteiger partial charge in [-0.15, -0.1) is 0 Å². The molecule has 4 rings (SSSR count). The van der Waals surface area contributed by atoms with Crippen molar-refractivity contribution in [2.75, 3.05) is 0 Å². The summed E-state index contributed by atoms with van der Waals surface area (Å²) in [4.78, 5) is 41.5. The second kappa shape index (κ2) is 7.67. The Bertz CT molecular complexity index is 1410. The lowest BCUT2D eigenvalue weighted by molar-refractivity contribution is -0.384. The van der Waals surface area contributed by atoms with Crippen LogP contribution in [0.25, 0.3) is 16.9 Å². The number of fused-ring (bicyclic) bond motifs is 1. The van der Waals surface area contributed by atoms with Crippen LogP contribution in [0, 0.1) is 17.0 Å². The number of nitro groups is 1. The number of benzene rings is 2. The SMILES string of the molecule is Cc1ccc(-n2c(=O)n(C(C)C)c(=O)c3c2ncn3Cc2cccc([N+](=O)[O-])c2)cc1. The molecule has 4 aromatic rings. The molecule has 0 atom stereocenters. The first-order valence-electron chi connectivity index (χ1n) is 9.80. The Morgan fingerprint density at radius 2 is 1.81 bits per heavy atom. The summed E-state index contributed by atoms with van der Waals surface area (Å²) >= 11 is 0. The first-order chi connectivity index (χ1) is 14.8. The highest BCUT2D eigenvalue weighted by molar-refractivity contribution is 5.72. The summed E-state index contributed by atoms with van der Waals surface area (Å²) in [7, 11) is 0. The van der Waals surface area contributed by atoms with E-state index in [1.807, 2.05) is 31.2 Å². The van der Waals surface area contributed by atoms with Gasteiger partial charge in [-0.05, 0) is 38.5 Å². The molecule has 0 bridgehead atoms. The molecule has 0 N–H and O–H groups in total. The van der Waals surface area contributed by atoms with Crippen molar-refractivity contribution < 1.29 is 4.92 Å². The van der Waals surface area contributed by atoms with Crippen LogP contribution in [0.2, 0.25) is 0 Å². The number of nitro benzene ring substituents is 1. The van der Waals surface area contributed by atoms with Gasteiger partial charge in [0.25, 0.3) is 11.2 Å². The van der Waals surface area contributed by atoms with E-state index in [0.29, 0.717) is 11.3 Å². The number of hydrogen-bond donors (Lipinski definition) is 0. The zero-order valence-corrected chi connectivity index (χ0v) is 17.3. The van der Waals surface area contributed by atoms with E-state index in [2.05, 4.69) is 4.98 Å². The van der Waals surface area contributed by atoms with Crippen molar-refractivity contribution in [2.24, 2.45) is 0 Å². The summed E-state index contributed by atoms with van der Waals surface area (Å²) in [5.74, 6) is 0. The van der Waals surface area contributed by atoms with Crippen LogP contribution < -0.4 is 11.2 Å². The van der Waals surface area contributed by atoms with Crippen LogP contribution in [0.4, 0.5) is 5.69 Å². The number of nitrogens with zero attached hydrogens (tertiary/aromatic N) is 5.